The number of halogens is 3. The zero-order valence-corrected chi connectivity index (χ0v) is 19.2. The van der Waals surface area contributed by atoms with Crippen LogP contribution in [0.5, 0.6) is 0 Å². The number of aromatic nitrogens is 2. The first-order valence-electron chi connectivity index (χ1n) is 10.1. The van der Waals surface area contributed by atoms with Gasteiger partial charge in [-0.2, -0.15) is 4.98 Å². The minimum Gasteiger partial charge on any atom is -0.362 e. The fraction of sp³-hybridized carbons (Fsp3) is 0.524. The first-order valence-corrected chi connectivity index (χ1v) is 11.2. The van der Waals surface area contributed by atoms with Gasteiger partial charge in [0.25, 0.3) is 0 Å². The average molecular weight is 455 g/mol. The molecule has 2 aliphatic rings. The van der Waals surface area contributed by atoms with E-state index in [0.717, 1.165) is 36.8 Å². The van der Waals surface area contributed by atoms with E-state index in [4.69, 9.17) is 39.8 Å². The van der Waals surface area contributed by atoms with Gasteiger partial charge < -0.3 is 15.1 Å². The van der Waals surface area contributed by atoms with Crippen molar-refractivity contribution in [2.75, 3.05) is 42.9 Å². The van der Waals surface area contributed by atoms with Gasteiger partial charge in [0.05, 0.1) is 11.7 Å². The van der Waals surface area contributed by atoms with Crippen molar-refractivity contribution in [3.63, 3.8) is 0 Å². The van der Waals surface area contributed by atoms with Crippen molar-refractivity contribution in [3.05, 3.63) is 44.5 Å². The highest BCUT2D eigenvalue weighted by molar-refractivity contribution is 6.35. The van der Waals surface area contributed by atoms with Crippen LogP contribution in [0.4, 0.5) is 11.8 Å². The highest BCUT2D eigenvalue weighted by Crippen LogP contribution is 2.35. The number of likely N-dealkylation sites (tertiary alicyclic amines) is 1. The van der Waals surface area contributed by atoms with Crippen LogP contribution < -0.4 is 10.2 Å². The standard InChI is InChI=1S/C21H26Cl3N5/c1-4-28-8-14-10-29(11-15(14)9-28)21-26-13(3)19(24)20(27-21)25-12(2)17-6-5-16(22)7-18(17)23/h5-7,12,14-15H,4,8-11H2,1-3H3,(H,25,26,27). The van der Waals surface area contributed by atoms with Crippen LogP contribution >= 0.6 is 34.8 Å². The van der Waals surface area contributed by atoms with Gasteiger partial charge in [0.1, 0.15) is 5.02 Å². The number of nitrogens with zero attached hydrogens (tertiary/aromatic N) is 4. The van der Waals surface area contributed by atoms with Crippen LogP contribution in [0, 0.1) is 18.8 Å². The third kappa shape index (κ3) is 4.29. The zero-order valence-electron chi connectivity index (χ0n) is 16.9. The Labute approximate surface area is 187 Å². The summed E-state index contributed by atoms with van der Waals surface area (Å²) in [6, 6.07) is 5.43. The molecule has 3 heterocycles. The number of anilines is 2. The van der Waals surface area contributed by atoms with Gasteiger partial charge in [-0.1, -0.05) is 47.8 Å². The molecule has 0 spiro atoms. The molecule has 0 bridgehead atoms. The Morgan fingerprint density at radius 3 is 2.41 bits per heavy atom. The summed E-state index contributed by atoms with van der Waals surface area (Å²) in [6.07, 6.45) is 0. The average Bonchev–Trinajstić information content (AvgIpc) is 3.23. The van der Waals surface area contributed by atoms with Crippen LogP contribution in [0.1, 0.15) is 31.1 Å². The molecule has 0 radical (unpaired) electrons. The Hall–Kier alpha value is -1.27. The predicted molar refractivity (Wildman–Crippen MR) is 122 cm³/mol. The van der Waals surface area contributed by atoms with E-state index in [1.54, 1.807) is 6.07 Å². The Balaban J connectivity index is 1.54. The maximum atomic E-state index is 6.54. The van der Waals surface area contributed by atoms with Gasteiger partial charge in [-0.15, -0.1) is 0 Å². The summed E-state index contributed by atoms with van der Waals surface area (Å²) >= 11 is 18.9. The van der Waals surface area contributed by atoms with Crippen LogP contribution in [0.15, 0.2) is 18.2 Å². The van der Waals surface area contributed by atoms with E-state index >= 15 is 0 Å². The number of aryl methyl sites for hydroxylation is 1. The van der Waals surface area contributed by atoms with E-state index < -0.39 is 0 Å². The predicted octanol–water partition coefficient (Wildman–Crippen LogP) is 5.31. The largest absolute Gasteiger partial charge is 0.362 e. The fourth-order valence-corrected chi connectivity index (χ4v) is 5.14. The van der Waals surface area contributed by atoms with Crippen molar-refractivity contribution < 1.29 is 0 Å². The van der Waals surface area contributed by atoms with Crippen LogP contribution in [0.25, 0.3) is 0 Å². The van der Waals surface area contributed by atoms with E-state index in [0.29, 0.717) is 32.7 Å². The number of hydrogen-bond donors (Lipinski definition) is 1. The second kappa shape index (κ2) is 8.46. The lowest BCUT2D eigenvalue weighted by molar-refractivity contribution is 0.334. The topological polar surface area (TPSA) is 44.3 Å². The van der Waals surface area contributed by atoms with Crippen molar-refractivity contribution in [2.24, 2.45) is 11.8 Å². The van der Waals surface area contributed by atoms with Gasteiger partial charge in [0, 0.05) is 36.2 Å². The third-order valence-electron chi connectivity index (χ3n) is 6.08. The molecule has 3 atom stereocenters. The lowest BCUT2D eigenvalue weighted by atomic mass is 10.0. The third-order valence-corrected chi connectivity index (χ3v) is 7.09. The van der Waals surface area contributed by atoms with E-state index in [1.165, 1.54) is 13.1 Å². The fourth-order valence-electron chi connectivity index (χ4n) is 4.43. The molecular weight excluding hydrogens is 429 g/mol. The minimum absolute atomic E-state index is 0.0736. The van der Waals surface area contributed by atoms with E-state index in [9.17, 15) is 0 Å². The highest BCUT2D eigenvalue weighted by atomic mass is 35.5. The molecule has 0 aliphatic carbocycles. The van der Waals surface area contributed by atoms with Crippen molar-refractivity contribution in [1.29, 1.82) is 0 Å². The van der Waals surface area contributed by atoms with Crippen LogP contribution in [0.3, 0.4) is 0 Å². The summed E-state index contributed by atoms with van der Waals surface area (Å²) in [6.45, 7) is 11.7. The summed E-state index contributed by atoms with van der Waals surface area (Å²) in [5, 5.41) is 5.19. The molecule has 3 unspecified atom stereocenters. The molecule has 2 fully saturated rings. The molecule has 1 N–H and O–H groups in total. The molecule has 2 saturated heterocycles. The summed E-state index contributed by atoms with van der Waals surface area (Å²) < 4.78 is 0. The first-order chi connectivity index (χ1) is 13.9. The van der Waals surface area contributed by atoms with Crippen LogP contribution in [-0.2, 0) is 0 Å². The molecule has 0 amide bonds. The lowest BCUT2D eigenvalue weighted by Crippen LogP contribution is -2.30. The Kier molecular flexibility index (Phi) is 6.12. The molecule has 1 aromatic carbocycles. The molecule has 1 aromatic heterocycles. The van der Waals surface area contributed by atoms with Crippen molar-refractivity contribution in [1.82, 2.24) is 14.9 Å². The number of benzene rings is 1. The van der Waals surface area contributed by atoms with Gasteiger partial charge in [-0.25, -0.2) is 4.98 Å². The normalized spacial score (nSPS) is 22.8. The smallest absolute Gasteiger partial charge is 0.227 e. The summed E-state index contributed by atoms with van der Waals surface area (Å²) in [5.74, 6) is 2.77. The maximum Gasteiger partial charge on any atom is 0.227 e. The Morgan fingerprint density at radius 2 is 1.79 bits per heavy atom. The Bertz CT molecular complexity index is 892. The molecule has 2 aliphatic heterocycles. The number of hydrogen-bond acceptors (Lipinski definition) is 5. The monoisotopic (exact) mass is 453 g/mol. The quantitative estimate of drug-likeness (QED) is 0.663. The lowest BCUT2D eigenvalue weighted by Gasteiger charge is -2.23. The van der Waals surface area contributed by atoms with Gasteiger partial charge >= 0.3 is 0 Å². The minimum atomic E-state index is -0.0736. The van der Waals surface area contributed by atoms with Gasteiger partial charge in [0.15, 0.2) is 5.82 Å². The van der Waals surface area contributed by atoms with E-state index in [-0.39, 0.29) is 6.04 Å². The van der Waals surface area contributed by atoms with Gasteiger partial charge in [-0.05, 0) is 49.9 Å². The molecule has 8 heteroatoms. The van der Waals surface area contributed by atoms with Crippen molar-refractivity contribution in [3.8, 4) is 0 Å². The van der Waals surface area contributed by atoms with Crippen LogP contribution in [0.2, 0.25) is 15.1 Å². The van der Waals surface area contributed by atoms with Gasteiger partial charge in [0.2, 0.25) is 5.95 Å². The summed E-state index contributed by atoms with van der Waals surface area (Å²) in [4.78, 5) is 14.3. The second-order valence-electron chi connectivity index (χ2n) is 8.08. The molecule has 0 saturated carbocycles. The van der Waals surface area contributed by atoms with Gasteiger partial charge in [-0.3, -0.25) is 0 Å². The number of nitrogens with one attached hydrogen (secondary N) is 1. The number of rotatable bonds is 5. The second-order valence-corrected chi connectivity index (χ2v) is 9.30. The van der Waals surface area contributed by atoms with Crippen molar-refractivity contribution >= 4 is 46.6 Å². The van der Waals surface area contributed by atoms with E-state index in [2.05, 4.69) is 27.0 Å². The van der Waals surface area contributed by atoms with E-state index in [1.807, 2.05) is 26.0 Å². The molecular formula is C21H26Cl3N5. The Morgan fingerprint density at radius 1 is 1.10 bits per heavy atom. The molecule has 29 heavy (non-hydrogen) atoms. The molecule has 4 rings (SSSR count). The molecule has 2 aromatic rings. The van der Waals surface area contributed by atoms with Crippen molar-refractivity contribution in [2.45, 2.75) is 26.8 Å². The molecule has 156 valence electrons. The maximum absolute atomic E-state index is 6.54. The SMILES string of the molecule is CCN1CC2CN(c3nc(C)c(Cl)c(NC(C)c4ccc(Cl)cc4Cl)n3)CC2C1. The summed E-state index contributed by atoms with van der Waals surface area (Å²) in [7, 11) is 0. The highest BCUT2D eigenvalue weighted by Gasteiger charge is 2.40. The summed E-state index contributed by atoms with van der Waals surface area (Å²) in [5.41, 5.74) is 1.72. The van der Waals surface area contributed by atoms with Crippen LogP contribution in [-0.4, -0.2) is 47.6 Å². The zero-order chi connectivity index (χ0) is 20.7. The first kappa shape index (κ1) is 21.0. The molecule has 5 nitrogen and oxygen atoms in total. The number of fused-ring (bicyclic) bond motifs is 1.